The molecule has 0 amide bonds. The molecule has 0 N–H and O–H groups in total. The van der Waals surface area contributed by atoms with Crippen molar-refractivity contribution in [1.29, 1.82) is 0 Å². The van der Waals surface area contributed by atoms with E-state index in [0.717, 1.165) is 18.2 Å². The molecule has 0 heterocycles. The van der Waals surface area contributed by atoms with Crippen LogP contribution in [0, 0.1) is 6.92 Å². The molecule has 82 valence electrons. The summed E-state index contributed by atoms with van der Waals surface area (Å²) in [6.45, 7) is 1.43. The summed E-state index contributed by atoms with van der Waals surface area (Å²) in [6, 6.07) is 2.90. The van der Waals surface area contributed by atoms with Gasteiger partial charge in [-0.15, -0.1) is 0 Å². The fourth-order valence-electron chi connectivity index (χ4n) is 1.18. The van der Waals surface area contributed by atoms with Gasteiger partial charge in [0.05, 0.1) is 18.2 Å². The van der Waals surface area contributed by atoms with Crippen LogP contribution in [0.5, 0.6) is 0 Å². The SMILES string of the molecule is COC(=O)c1ccc(C(F)(F)F)cc1C. The van der Waals surface area contributed by atoms with Crippen molar-refractivity contribution in [1.82, 2.24) is 0 Å². The Labute approximate surface area is 84.7 Å². The van der Waals surface area contributed by atoms with Crippen LogP contribution in [-0.4, -0.2) is 13.1 Å². The molecule has 0 unspecified atom stereocenters. The van der Waals surface area contributed by atoms with Gasteiger partial charge in [0.2, 0.25) is 0 Å². The number of rotatable bonds is 1. The van der Waals surface area contributed by atoms with Gasteiger partial charge < -0.3 is 4.74 Å². The molecule has 0 bridgehead atoms. The van der Waals surface area contributed by atoms with Crippen LogP contribution < -0.4 is 0 Å². The lowest BCUT2D eigenvalue weighted by molar-refractivity contribution is -0.137. The number of carbonyl (C=O) groups excluding carboxylic acids is 1. The zero-order valence-electron chi connectivity index (χ0n) is 8.18. The van der Waals surface area contributed by atoms with E-state index in [9.17, 15) is 18.0 Å². The highest BCUT2D eigenvalue weighted by atomic mass is 19.4. The highest BCUT2D eigenvalue weighted by molar-refractivity contribution is 5.90. The summed E-state index contributed by atoms with van der Waals surface area (Å²) in [5.74, 6) is -0.638. The van der Waals surface area contributed by atoms with Gasteiger partial charge in [0.15, 0.2) is 0 Å². The van der Waals surface area contributed by atoms with Crippen LogP contribution in [0.4, 0.5) is 13.2 Å². The topological polar surface area (TPSA) is 26.3 Å². The molecule has 0 radical (unpaired) electrons. The fourth-order valence-corrected chi connectivity index (χ4v) is 1.18. The third-order valence-electron chi connectivity index (χ3n) is 1.96. The number of hydrogen-bond donors (Lipinski definition) is 0. The first-order valence-corrected chi connectivity index (χ1v) is 4.12. The Morgan fingerprint density at radius 2 is 1.93 bits per heavy atom. The molecule has 0 aromatic heterocycles. The first kappa shape index (κ1) is 11.6. The van der Waals surface area contributed by atoms with E-state index < -0.39 is 17.7 Å². The smallest absolute Gasteiger partial charge is 0.416 e. The minimum absolute atomic E-state index is 0.144. The Bertz CT molecular complexity index is 383. The van der Waals surface area contributed by atoms with Crippen molar-refractivity contribution >= 4 is 5.97 Å². The molecule has 1 aromatic rings. The van der Waals surface area contributed by atoms with Gasteiger partial charge in [-0.3, -0.25) is 0 Å². The summed E-state index contributed by atoms with van der Waals surface area (Å²) < 4.78 is 41.2. The van der Waals surface area contributed by atoms with Crippen molar-refractivity contribution in [2.75, 3.05) is 7.11 Å². The molecule has 0 aliphatic rings. The average molecular weight is 218 g/mol. The van der Waals surface area contributed by atoms with Crippen LogP contribution in [0.3, 0.4) is 0 Å². The van der Waals surface area contributed by atoms with Crippen molar-refractivity contribution in [2.24, 2.45) is 0 Å². The van der Waals surface area contributed by atoms with E-state index >= 15 is 0 Å². The van der Waals surface area contributed by atoms with E-state index in [-0.39, 0.29) is 11.1 Å². The first-order valence-electron chi connectivity index (χ1n) is 4.12. The van der Waals surface area contributed by atoms with Crippen molar-refractivity contribution in [2.45, 2.75) is 13.1 Å². The second-order valence-electron chi connectivity index (χ2n) is 3.02. The summed E-state index contributed by atoms with van der Waals surface area (Å²) in [5.41, 5.74) is -0.380. The van der Waals surface area contributed by atoms with Crippen molar-refractivity contribution in [3.8, 4) is 0 Å². The summed E-state index contributed by atoms with van der Waals surface area (Å²) in [6.07, 6.45) is -4.39. The highest BCUT2D eigenvalue weighted by Gasteiger charge is 2.31. The summed E-state index contributed by atoms with van der Waals surface area (Å²) in [5, 5.41) is 0. The van der Waals surface area contributed by atoms with E-state index in [0.29, 0.717) is 0 Å². The number of benzene rings is 1. The van der Waals surface area contributed by atoms with E-state index in [1.165, 1.54) is 14.0 Å². The standard InChI is InChI=1S/C10H9F3O2/c1-6-5-7(10(11,12)13)3-4-8(6)9(14)15-2/h3-5H,1-2H3. The quantitative estimate of drug-likeness (QED) is 0.677. The van der Waals surface area contributed by atoms with E-state index in [4.69, 9.17) is 0 Å². The number of methoxy groups -OCH3 is 1. The predicted octanol–water partition coefficient (Wildman–Crippen LogP) is 2.80. The van der Waals surface area contributed by atoms with Crippen molar-refractivity contribution < 1.29 is 22.7 Å². The van der Waals surface area contributed by atoms with Gasteiger partial charge >= 0.3 is 12.1 Å². The van der Waals surface area contributed by atoms with Crippen LogP contribution in [-0.2, 0) is 10.9 Å². The third-order valence-corrected chi connectivity index (χ3v) is 1.96. The maximum atomic E-state index is 12.3. The van der Waals surface area contributed by atoms with Crippen LogP contribution in [0.25, 0.3) is 0 Å². The van der Waals surface area contributed by atoms with Crippen LogP contribution in [0.1, 0.15) is 21.5 Å². The molecule has 0 spiro atoms. The number of hydrogen-bond acceptors (Lipinski definition) is 2. The number of ether oxygens (including phenoxy) is 1. The maximum absolute atomic E-state index is 12.3. The Hall–Kier alpha value is -1.52. The number of esters is 1. The zero-order valence-corrected chi connectivity index (χ0v) is 8.18. The molecule has 1 aromatic carbocycles. The number of alkyl halides is 3. The average Bonchev–Trinajstić information content (AvgIpc) is 2.15. The van der Waals surface area contributed by atoms with Gasteiger partial charge in [-0.1, -0.05) is 0 Å². The Morgan fingerprint density at radius 3 is 2.33 bits per heavy atom. The molecule has 0 saturated carbocycles. The molecule has 0 fully saturated rings. The maximum Gasteiger partial charge on any atom is 0.416 e. The van der Waals surface area contributed by atoms with Crippen LogP contribution in [0.15, 0.2) is 18.2 Å². The molecule has 2 nitrogen and oxygen atoms in total. The van der Waals surface area contributed by atoms with Crippen LogP contribution in [0.2, 0.25) is 0 Å². The molecular formula is C10H9F3O2. The highest BCUT2D eigenvalue weighted by Crippen LogP contribution is 2.30. The largest absolute Gasteiger partial charge is 0.465 e. The van der Waals surface area contributed by atoms with E-state index in [1.807, 2.05) is 0 Å². The van der Waals surface area contributed by atoms with E-state index in [1.54, 1.807) is 0 Å². The van der Waals surface area contributed by atoms with Gasteiger partial charge in [-0.2, -0.15) is 13.2 Å². The molecule has 0 saturated heterocycles. The summed E-state index contributed by atoms with van der Waals surface area (Å²) in [7, 11) is 1.18. The summed E-state index contributed by atoms with van der Waals surface area (Å²) in [4.78, 5) is 11.1. The zero-order chi connectivity index (χ0) is 11.6. The second-order valence-corrected chi connectivity index (χ2v) is 3.02. The number of halogens is 3. The Balaban J connectivity index is 3.15. The molecular weight excluding hydrogens is 209 g/mol. The lowest BCUT2D eigenvalue weighted by Gasteiger charge is -2.09. The second kappa shape index (κ2) is 3.92. The normalized spacial score (nSPS) is 11.3. The van der Waals surface area contributed by atoms with Gasteiger partial charge in [0, 0.05) is 0 Å². The van der Waals surface area contributed by atoms with E-state index in [2.05, 4.69) is 4.74 Å². The third kappa shape index (κ3) is 2.49. The lowest BCUT2D eigenvalue weighted by atomic mass is 10.1. The molecule has 5 heteroatoms. The van der Waals surface area contributed by atoms with Crippen LogP contribution >= 0.6 is 0 Å². The molecule has 1 rings (SSSR count). The Morgan fingerprint density at radius 1 is 1.33 bits per heavy atom. The molecule has 15 heavy (non-hydrogen) atoms. The monoisotopic (exact) mass is 218 g/mol. The number of aryl methyl sites for hydroxylation is 1. The van der Waals surface area contributed by atoms with Gasteiger partial charge in [0.1, 0.15) is 0 Å². The molecule has 0 aliphatic carbocycles. The van der Waals surface area contributed by atoms with Crippen molar-refractivity contribution in [3.05, 3.63) is 34.9 Å². The van der Waals surface area contributed by atoms with Gasteiger partial charge in [-0.25, -0.2) is 4.79 Å². The summed E-state index contributed by atoms with van der Waals surface area (Å²) >= 11 is 0. The predicted molar refractivity (Wildman–Crippen MR) is 47.5 cm³/mol. The fraction of sp³-hybridized carbons (Fsp3) is 0.300. The van der Waals surface area contributed by atoms with Crippen molar-refractivity contribution in [3.63, 3.8) is 0 Å². The lowest BCUT2D eigenvalue weighted by Crippen LogP contribution is -2.08. The van der Waals surface area contributed by atoms with Gasteiger partial charge in [-0.05, 0) is 30.7 Å². The Kier molecular flexibility index (Phi) is 3.02. The van der Waals surface area contributed by atoms with Gasteiger partial charge in [0.25, 0.3) is 0 Å². The minimum Gasteiger partial charge on any atom is -0.465 e. The molecule has 0 atom stereocenters. The number of carbonyl (C=O) groups is 1. The first-order chi connectivity index (χ1) is 6.86. The molecule has 0 aliphatic heterocycles. The minimum atomic E-state index is -4.39.